The van der Waals surface area contributed by atoms with Gasteiger partial charge in [0.05, 0.1) is 0 Å². The summed E-state index contributed by atoms with van der Waals surface area (Å²) >= 11 is -2.19. The van der Waals surface area contributed by atoms with Crippen molar-refractivity contribution in [1.82, 2.24) is 0 Å². The molecule has 1 heteroatoms. The van der Waals surface area contributed by atoms with Gasteiger partial charge in [0.2, 0.25) is 0 Å². The summed E-state index contributed by atoms with van der Waals surface area (Å²) in [6, 6.07) is 0. The van der Waals surface area contributed by atoms with Crippen molar-refractivity contribution in [3.05, 3.63) is 0 Å². The Bertz CT molecular complexity index is 471. The van der Waals surface area contributed by atoms with Gasteiger partial charge in [0.25, 0.3) is 0 Å². The van der Waals surface area contributed by atoms with Crippen molar-refractivity contribution in [2.45, 2.75) is 113 Å². The molecule has 6 aliphatic rings. The molecule has 6 aliphatic carbocycles. The fourth-order valence-electron chi connectivity index (χ4n) is 10.6. The van der Waals surface area contributed by atoms with Crippen LogP contribution in [0.2, 0.25) is 16.2 Å². The second-order valence-corrected chi connectivity index (χ2v) is 26.2. The standard InChI is InChI=1S/3C7H11.C4H9.Sn/c3*1-2-7-4-3-6(1)5-7;1-3-4-2;/h3*1,6-7H,2-5H2;1,3-4H2,2H3;. The average molecular weight is 461 g/mol. The van der Waals surface area contributed by atoms with Gasteiger partial charge in [-0.2, -0.15) is 0 Å². The number of rotatable bonds is 6. The molecule has 0 saturated heterocycles. The Hall–Kier alpha value is 0.799. The van der Waals surface area contributed by atoms with Gasteiger partial charge >= 0.3 is 167 Å². The van der Waals surface area contributed by atoms with Gasteiger partial charge in [-0.25, -0.2) is 0 Å². The third-order valence-electron chi connectivity index (χ3n) is 11.2. The summed E-state index contributed by atoms with van der Waals surface area (Å²) in [7, 11) is 0. The van der Waals surface area contributed by atoms with Crippen molar-refractivity contribution in [3.8, 4) is 0 Å². The molecule has 146 valence electrons. The fourth-order valence-corrected chi connectivity index (χ4v) is 37.9. The normalized spacial score (nSPS) is 53.7. The predicted molar refractivity (Wildman–Crippen MR) is 113 cm³/mol. The van der Waals surface area contributed by atoms with Gasteiger partial charge < -0.3 is 0 Å². The van der Waals surface area contributed by atoms with Crippen LogP contribution in [0.3, 0.4) is 0 Å². The third-order valence-corrected chi connectivity index (χ3v) is 32.6. The van der Waals surface area contributed by atoms with E-state index in [-0.39, 0.29) is 0 Å². The van der Waals surface area contributed by atoms with Crippen LogP contribution < -0.4 is 0 Å². The molecule has 26 heavy (non-hydrogen) atoms. The average Bonchev–Trinajstić information content (AvgIpc) is 3.50. The zero-order valence-corrected chi connectivity index (χ0v) is 20.2. The molecule has 0 radical (unpaired) electrons. The monoisotopic (exact) mass is 462 g/mol. The Kier molecular flexibility index (Phi) is 4.52. The molecular formula is C25H42Sn. The predicted octanol–water partition coefficient (Wildman–Crippen LogP) is 7.81. The summed E-state index contributed by atoms with van der Waals surface area (Å²) in [6.07, 6.45) is 23.4. The van der Waals surface area contributed by atoms with E-state index in [1.165, 1.54) is 53.7 Å². The summed E-state index contributed by atoms with van der Waals surface area (Å²) in [6.45, 7) is 2.50. The van der Waals surface area contributed by atoms with Crippen LogP contribution in [0.15, 0.2) is 0 Å². The molecule has 6 bridgehead atoms. The van der Waals surface area contributed by atoms with E-state index in [2.05, 4.69) is 6.92 Å². The Balaban J connectivity index is 1.41. The summed E-state index contributed by atoms with van der Waals surface area (Å²) < 4.78 is 5.94. The van der Waals surface area contributed by atoms with E-state index in [1.807, 2.05) is 4.44 Å². The van der Waals surface area contributed by atoms with E-state index in [0.717, 1.165) is 0 Å². The number of unbranched alkanes of at least 4 members (excludes halogenated alkanes) is 1. The quantitative estimate of drug-likeness (QED) is 0.354. The van der Waals surface area contributed by atoms with Crippen LogP contribution in [0.5, 0.6) is 0 Å². The summed E-state index contributed by atoms with van der Waals surface area (Å²) in [5.41, 5.74) is 0. The second-order valence-electron chi connectivity index (χ2n) is 12.1. The van der Waals surface area contributed by atoms with Crippen molar-refractivity contribution >= 4 is 18.4 Å². The van der Waals surface area contributed by atoms with Crippen LogP contribution in [-0.2, 0) is 0 Å². The molecule has 9 unspecified atom stereocenters. The van der Waals surface area contributed by atoms with Gasteiger partial charge in [0.1, 0.15) is 0 Å². The van der Waals surface area contributed by atoms with Crippen molar-refractivity contribution in [2.24, 2.45) is 35.5 Å². The first-order chi connectivity index (χ1) is 12.8. The summed E-state index contributed by atoms with van der Waals surface area (Å²) in [5, 5.41) is 0. The minimum atomic E-state index is -2.19. The van der Waals surface area contributed by atoms with Gasteiger partial charge in [-0.1, -0.05) is 0 Å². The van der Waals surface area contributed by atoms with Crippen LogP contribution in [-0.4, -0.2) is 18.4 Å². The number of hydrogen-bond acceptors (Lipinski definition) is 0. The number of fused-ring (bicyclic) bond motifs is 6. The van der Waals surface area contributed by atoms with Crippen LogP contribution in [0.25, 0.3) is 0 Å². The van der Waals surface area contributed by atoms with Gasteiger partial charge in [0.15, 0.2) is 0 Å². The van der Waals surface area contributed by atoms with Crippen LogP contribution in [0.1, 0.15) is 96.8 Å². The zero-order chi connectivity index (χ0) is 17.3. The molecule has 6 rings (SSSR count). The molecule has 9 atom stereocenters. The first-order valence-corrected chi connectivity index (χ1v) is 19.7. The van der Waals surface area contributed by atoms with Crippen LogP contribution >= 0.6 is 0 Å². The Morgan fingerprint density at radius 3 is 1.27 bits per heavy atom. The molecular weight excluding hydrogens is 419 g/mol. The van der Waals surface area contributed by atoms with E-state index < -0.39 is 18.4 Å². The summed E-state index contributed by atoms with van der Waals surface area (Å²) in [4.78, 5) is 0. The Labute approximate surface area is 166 Å². The van der Waals surface area contributed by atoms with Gasteiger partial charge in [-0.15, -0.1) is 0 Å². The molecule has 0 aromatic rings. The van der Waals surface area contributed by atoms with Crippen molar-refractivity contribution in [1.29, 1.82) is 0 Å². The Morgan fingerprint density at radius 2 is 1.00 bits per heavy atom. The summed E-state index contributed by atoms with van der Waals surface area (Å²) in [5.74, 6) is 7.31. The minimum absolute atomic E-state index is 1.19. The van der Waals surface area contributed by atoms with Gasteiger partial charge in [-0.3, -0.25) is 0 Å². The first kappa shape index (κ1) is 17.6. The first-order valence-electron chi connectivity index (χ1n) is 12.8. The van der Waals surface area contributed by atoms with Crippen LogP contribution in [0.4, 0.5) is 0 Å². The molecule has 0 N–H and O–H groups in total. The fraction of sp³-hybridized carbons (Fsp3) is 1.00. The Morgan fingerprint density at radius 1 is 0.577 bits per heavy atom. The second kappa shape index (κ2) is 6.66. The van der Waals surface area contributed by atoms with Crippen LogP contribution in [0, 0.1) is 35.5 Å². The van der Waals surface area contributed by atoms with Crippen molar-refractivity contribution in [2.75, 3.05) is 0 Å². The third kappa shape index (κ3) is 2.51. The van der Waals surface area contributed by atoms with E-state index in [9.17, 15) is 0 Å². The maximum atomic E-state index is 2.50. The van der Waals surface area contributed by atoms with Crippen molar-refractivity contribution < 1.29 is 0 Å². The van der Waals surface area contributed by atoms with E-state index >= 15 is 0 Å². The molecule has 0 aromatic carbocycles. The molecule has 6 fully saturated rings. The molecule has 0 aromatic heterocycles. The SMILES string of the molecule is CCC[CH2][Sn]([CH]1CC2CCC1C2)([CH]1CC2CCC1C2)[CH]1CC2CCC1C2. The molecule has 6 saturated carbocycles. The van der Waals surface area contributed by atoms with E-state index in [4.69, 9.17) is 0 Å². The van der Waals surface area contributed by atoms with Gasteiger partial charge in [-0.05, 0) is 0 Å². The molecule has 0 heterocycles. The molecule has 0 aliphatic heterocycles. The zero-order valence-electron chi connectivity index (χ0n) is 17.3. The topological polar surface area (TPSA) is 0 Å². The number of hydrogen-bond donors (Lipinski definition) is 0. The molecule has 0 amide bonds. The van der Waals surface area contributed by atoms with E-state index in [1.54, 1.807) is 83.5 Å². The molecule has 0 spiro atoms. The maximum absolute atomic E-state index is 2.50. The van der Waals surface area contributed by atoms with E-state index in [0.29, 0.717) is 0 Å². The molecule has 0 nitrogen and oxygen atoms in total. The van der Waals surface area contributed by atoms with Crippen molar-refractivity contribution in [3.63, 3.8) is 0 Å². The van der Waals surface area contributed by atoms with Gasteiger partial charge in [0, 0.05) is 0 Å².